The molecule has 136 valence electrons. The molecule has 1 aliphatic carbocycles. The third-order valence-electron chi connectivity index (χ3n) is 4.84. The average Bonchev–Trinajstić information content (AvgIpc) is 3.17. The van der Waals surface area contributed by atoms with Crippen LogP contribution in [0.5, 0.6) is 0 Å². The van der Waals surface area contributed by atoms with Gasteiger partial charge in [-0.2, -0.15) is 0 Å². The van der Waals surface area contributed by atoms with Gasteiger partial charge in [0.05, 0.1) is 23.8 Å². The Kier molecular flexibility index (Phi) is 4.59. The van der Waals surface area contributed by atoms with Crippen molar-refractivity contribution in [2.24, 2.45) is 0 Å². The zero-order valence-electron chi connectivity index (χ0n) is 15.0. The second-order valence-electron chi connectivity index (χ2n) is 6.55. The summed E-state index contributed by atoms with van der Waals surface area (Å²) in [6.45, 7) is 0.0924. The van der Waals surface area contributed by atoms with Crippen molar-refractivity contribution in [2.45, 2.75) is 25.9 Å². The SMILES string of the molecule is COC(=O)c1cccc(COC(=O)c2c3c(nc4ccccc24)CCC3)c1. The van der Waals surface area contributed by atoms with Crippen LogP contribution in [0.1, 0.15) is 44.0 Å². The maximum atomic E-state index is 12.9. The number of esters is 2. The summed E-state index contributed by atoms with van der Waals surface area (Å²) in [5.41, 5.74) is 4.60. The van der Waals surface area contributed by atoms with Gasteiger partial charge in [0.1, 0.15) is 6.61 Å². The van der Waals surface area contributed by atoms with Crippen molar-refractivity contribution < 1.29 is 19.1 Å². The van der Waals surface area contributed by atoms with Crippen molar-refractivity contribution in [2.75, 3.05) is 7.11 Å². The Balaban J connectivity index is 1.62. The van der Waals surface area contributed by atoms with E-state index in [1.165, 1.54) is 7.11 Å². The second kappa shape index (κ2) is 7.19. The van der Waals surface area contributed by atoms with Crippen molar-refractivity contribution in [3.05, 3.63) is 76.5 Å². The van der Waals surface area contributed by atoms with Crippen LogP contribution in [0.4, 0.5) is 0 Å². The van der Waals surface area contributed by atoms with E-state index < -0.39 is 5.97 Å². The van der Waals surface area contributed by atoms with Crippen LogP contribution in [-0.2, 0) is 28.9 Å². The van der Waals surface area contributed by atoms with Gasteiger partial charge in [-0.1, -0.05) is 30.3 Å². The summed E-state index contributed by atoms with van der Waals surface area (Å²) >= 11 is 0. The lowest BCUT2D eigenvalue weighted by Gasteiger charge is -2.12. The molecule has 0 fully saturated rings. The first kappa shape index (κ1) is 17.2. The zero-order valence-corrected chi connectivity index (χ0v) is 15.0. The van der Waals surface area contributed by atoms with Crippen LogP contribution < -0.4 is 0 Å². The molecule has 0 saturated carbocycles. The average molecular weight is 361 g/mol. The van der Waals surface area contributed by atoms with Gasteiger partial charge >= 0.3 is 11.9 Å². The molecule has 0 spiro atoms. The third-order valence-corrected chi connectivity index (χ3v) is 4.84. The standard InChI is InChI=1S/C22H19NO4/c1-26-21(24)15-7-4-6-14(12-15)13-27-22(25)20-16-8-2-3-10-18(16)23-19-11-5-9-17(19)20/h2-4,6-8,10,12H,5,9,11,13H2,1H3. The predicted octanol–water partition coefficient (Wildman–Crippen LogP) is 3.87. The lowest BCUT2D eigenvalue weighted by molar-refractivity contribution is 0.0474. The number of hydrogen-bond acceptors (Lipinski definition) is 5. The summed E-state index contributed by atoms with van der Waals surface area (Å²) in [6, 6.07) is 14.6. The van der Waals surface area contributed by atoms with Gasteiger partial charge in [0.15, 0.2) is 0 Å². The van der Waals surface area contributed by atoms with E-state index in [1.54, 1.807) is 18.2 Å². The van der Waals surface area contributed by atoms with Gasteiger partial charge < -0.3 is 9.47 Å². The van der Waals surface area contributed by atoms with Crippen LogP contribution in [-0.4, -0.2) is 24.0 Å². The summed E-state index contributed by atoms with van der Waals surface area (Å²) in [7, 11) is 1.34. The first-order valence-electron chi connectivity index (χ1n) is 8.92. The zero-order chi connectivity index (χ0) is 18.8. The molecular formula is C22H19NO4. The molecule has 27 heavy (non-hydrogen) atoms. The summed E-state index contributed by atoms with van der Waals surface area (Å²) in [5, 5.41) is 0.825. The minimum Gasteiger partial charge on any atom is -0.465 e. The maximum absolute atomic E-state index is 12.9. The van der Waals surface area contributed by atoms with E-state index in [1.807, 2.05) is 30.3 Å². The van der Waals surface area contributed by atoms with Crippen molar-refractivity contribution in [1.82, 2.24) is 4.98 Å². The van der Waals surface area contributed by atoms with Crippen LogP contribution in [0, 0.1) is 0 Å². The molecule has 0 saturated heterocycles. The minimum absolute atomic E-state index is 0.0924. The van der Waals surface area contributed by atoms with Crippen molar-refractivity contribution >= 4 is 22.8 Å². The summed E-state index contributed by atoms with van der Waals surface area (Å²) in [5.74, 6) is -0.767. The second-order valence-corrected chi connectivity index (χ2v) is 6.55. The highest BCUT2D eigenvalue weighted by Gasteiger charge is 2.24. The highest BCUT2D eigenvalue weighted by atomic mass is 16.5. The normalized spacial score (nSPS) is 12.6. The fraction of sp³-hybridized carbons (Fsp3) is 0.227. The molecule has 4 rings (SSSR count). The molecule has 1 aromatic heterocycles. The van der Waals surface area contributed by atoms with Crippen LogP contribution in [0.3, 0.4) is 0 Å². The molecule has 0 atom stereocenters. The number of benzene rings is 2. The molecule has 3 aromatic rings. The van der Waals surface area contributed by atoms with Crippen LogP contribution in [0.2, 0.25) is 0 Å². The summed E-state index contributed by atoms with van der Waals surface area (Å²) < 4.78 is 10.3. The van der Waals surface area contributed by atoms with Gasteiger partial charge in [-0.25, -0.2) is 9.59 Å². The predicted molar refractivity (Wildman–Crippen MR) is 101 cm³/mol. The Bertz CT molecular complexity index is 1040. The fourth-order valence-corrected chi connectivity index (χ4v) is 3.57. The molecular weight excluding hydrogens is 342 g/mol. The van der Waals surface area contributed by atoms with E-state index in [4.69, 9.17) is 14.5 Å². The molecule has 0 N–H and O–H groups in total. The number of carbonyl (C=O) groups is 2. The van der Waals surface area contributed by atoms with Crippen LogP contribution >= 0.6 is 0 Å². The minimum atomic E-state index is -0.416. The largest absolute Gasteiger partial charge is 0.465 e. The topological polar surface area (TPSA) is 65.5 Å². The Morgan fingerprint density at radius 2 is 1.89 bits per heavy atom. The number of nitrogens with zero attached hydrogens (tertiary/aromatic N) is 1. The van der Waals surface area contributed by atoms with Crippen molar-refractivity contribution in [3.63, 3.8) is 0 Å². The molecule has 0 bridgehead atoms. The number of pyridine rings is 1. The number of aromatic nitrogens is 1. The Morgan fingerprint density at radius 3 is 2.74 bits per heavy atom. The van der Waals surface area contributed by atoms with E-state index in [-0.39, 0.29) is 12.6 Å². The summed E-state index contributed by atoms with van der Waals surface area (Å²) in [6.07, 6.45) is 2.73. The number of rotatable bonds is 4. The number of methoxy groups -OCH3 is 1. The number of aryl methyl sites for hydroxylation is 1. The fourth-order valence-electron chi connectivity index (χ4n) is 3.57. The van der Waals surface area contributed by atoms with Crippen LogP contribution in [0.25, 0.3) is 10.9 Å². The van der Waals surface area contributed by atoms with Gasteiger partial charge in [-0.3, -0.25) is 4.98 Å². The van der Waals surface area contributed by atoms with E-state index in [2.05, 4.69) is 0 Å². The third kappa shape index (κ3) is 3.28. The van der Waals surface area contributed by atoms with Crippen LogP contribution in [0.15, 0.2) is 48.5 Å². The number of fused-ring (bicyclic) bond motifs is 2. The molecule has 1 aliphatic rings. The Labute approximate surface area is 156 Å². The number of ether oxygens (including phenoxy) is 2. The van der Waals surface area contributed by atoms with E-state index in [0.717, 1.165) is 47.0 Å². The first-order valence-corrected chi connectivity index (χ1v) is 8.92. The highest BCUT2D eigenvalue weighted by molar-refractivity contribution is 6.05. The van der Waals surface area contributed by atoms with Gasteiger partial charge in [-0.05, 0) is 48.6 Å². The molecule has 5 heteroatoms. The molecule has 1 heterocycles. The number of para-hydroxylation sites is 1. The quantitative estimate of drug-likeness (QED) is 0.660. The number of hydrogen-bond donors (Lipinski definition) is 0. The molecule has 0 amide bonds. The lowest BCUT2D eigenvalue weighted by atomic mass is 10.0. The van der Waals surface area contributed by atoms with Gasteiger partial charge in [0.25, 0.3) is 0 Å². The Morgan fingerprint density at radius 1 is 1.04 bits per heavy atom. The Hall–Kier alpha value is -3.21. The molecule has 0 unspecified atom stereocenters. The van der Waals surface area contributed by atoms with Gasteiger partial charge in [0.2, 0.25) is 0 Å². The smallest absolute Gasteiger partial charge is 0.339 e. The molecule has 5 nitrogen and oxygen atoms in total. The van der Waals surface area contributed by atoms with Gasteiger partial charge in [0, 0.05) is 11.1 Å². The lowest BCUT2D eigenvalue weighted by Crippen LogP contribution is -2.11. The van der Waals surface area contributed by atoms with E-state index in [0.29, 0.717) is 11.1 Å². The van der Waals surface area contributed by atoms with E-state index >= 15 is 0 Å². The summed E-state index contributed by atoms with van der Waals surface area (Å²) in [4.78, 5) is 29.3. The monoisotopic (exact) mass is 361 g/mol. The number of carbonyl (C=O) groups excluding carboxylic acids is 2. The molecule has 2 aromatic carbocycles. The van der Waals surface area contributed by atoms with Crippen molar-refractivity contribution in [1.29, 1.82) is 0 Å². The highest BCUT2D eigenvalue weighted by Crippen LogP contribution is 2.30. The first-order chi connectivity index (χ1) is 13.2. The molecule has 0 aliphatic heterocycles. The maximum Gasteiger partial charge on any atom is 0.339 e. The van der Waals surface area contributed by atoms with Gasteiger partial charge in [-0.15, -0.1) is 0 Å². The molecule has 0 radical (unpaired) electrons. The van der Waals surface area contributed by atoms with Crippen molar-refractivity contribution in [3.8, 4) is 0 Å². The van der Waals surface area contributed by atoms with E-state index in [9.17, 15) is 9.59 Å².